The number of hydrazone groups is 1. The van der Waals surface area contributed by atoms with Crippen LogP contribution in [0.1, 0.15) is 56.5 Å². The van der Waals surface area contributed by atoms with Crippen LogP contribution in [-0.4, -0.2) is 43.7 Å². The summed E-state index contributed by atoms with van der Waals surface area (Å²) < 4.78 is 15.9. The van der Waals surface area contributed by atoms with Crippen LogP contribution in [-0.2, 0) is 27.2 Å². The summed E-state index contributed by atoms with van der Waals surface area (Å²) in [5.74, 6) is -2.77. The normalized spacial score (nSPS) is 12.4. The molecule has 1 heterocycles. The maximum atomic E-state index is 12.6. The molecule has 10 nitrogen and oxygen atoms in total. The second kappa shape index (κ2) is 13.2. The molecule has 40 heavy (non-hydrogen) atoms. The zero-order valence-electron chi connectivity index (χ0n) is 21.7. The molecule has 0 aliphatic heterocycles. The number of rotatable bonds is 8. The number of aryl methyl sites for hydroxylation is 1. The second-order valence-electron chi connectivity index (χ2n) is 8.57. The molecule has 0 atom stereocenters. The number of esters is 2. The molecule has 0 unspecified atom stereocenters. The summed E-state index contributed by atoms with van der Waals surface area (Å²) in [5, 5.41) is 6.91. The zero-order chi connectivity index (χ0) is 28.6. The summed E-state index contributed by atoms with van der Waals surface area (Å²) in [4.78, 5) is 51.0. The van der Waals surface area contributed by atoms with E-state index in [-0.39, 0.29) is 28.7 Å². The van der Waals surface area contributed by atoms with Gasteiger partial charge in [-0.2, -0.15) is 5.10 Å². The van der Waals surface area contributed by atoms with Gasteiger partial charge in [0, 0.05) is 4.88 Å². The maximum Gasteiger partial charge on any atom is 0.345 e. The van der Waals surface area contributed by atoms with Crippen molar-refractivity contribution < 1.29 is 33.4 Å². The SMILES string of the molecule is CCOC(=O)c1c(NC(=O)C(=O)N/N=C\c2ccc(OC(=O)c3ccccc3Cl)c(OC)c2)sc2c1CCCC2. The van der Waals surface area contributed by atoms with Crippen LogP contribution in [0.15, 0.2) is 47.6 Å². The number of amides is 2. The van der Waals surface area contributed by atoms with Gasteiger partial charge in [-0.3, -0.25) is 9.59 Å². The Bertz CT molecular complexity index is 1480. The third-order valence-electron chi connectivity index (χ3n) is 5.95. The molecule has 0 radical (unpaired) electrons. The number of benzene rings is 2. The molecule has 1 aliphatic carbocycles. The van der Waals surface area contributed by atoms with Crippen LogP contribution < -0.4 is 20.2 Å². The Balaban J connectivity index is 1.40. The number of ether oxygens (including phenoxy) is 3. The average Bonchev–Trinajstić information content (AvgIpc) is 3.31. The molecule has 2 aromatic carbocycles. The van der Waals surface area contributed by atoms with Crippen LogP contribution >= 0.6 is 22.9 Å². The van der Waals surface area contributed by atoms with Gasteiger partial charge in [0.25, 0.3) is 0 Å². The lowest BCUT2D eigenvalue weighted by Crippen LogP contribution is -2.32. The third kappa shape index (κ3) is 6.67. The molecule has 0 spiro atoms. The highest BCUT2D eigenvalue weighted by molar-refractivity contribution is 7.17. The molecule has 3 aromatic rings. The average molecular weight is 584 g/mol. The number of methoxy groups -OCH3 is 1. The number of carbonyl (C=O) groups excluding carboxylic acids is 4. The lowest BCUT2D eigenvalue weighted by atomic mass is 9.95. The van der Waals surface area contributed by atoms with Crippen molar-refractivity contribution in [2.24, 2.45) is 5.10 Å². The van der Waals surface area contributed by atoms with Crippen molar-refractivity contribution in [3.8, 4) is 11.5 Å². The standard InChI is InChI=1S/C28H26ClN3O7S/c1-3-38-28(36)23-18-9-5-7-11-22(18)40-26(23)31-24(33)25(34)32-30-15-16-12-13-20(21(14-16)37-2)39-27(35)17-8-4-6-10-19(17)29/h4,6,8,10,12-15H,3,5,7,9,11H2,1-2H3,(H,31,33)(H,32,34)/b30-15-. The van der Waals surface area contributed by atoms with Gasteiger partial charge in [-0.15, -0.1) is 11.3 Å². The first kappa shape index (κ1) is 28.8. The molecule has 1 aromatic heterocycles. The topological polar surface area (TPSA) is 132 Å². The molecule has 0 bridgehead atoms. The Labute approximate surface area is 239 Å². The van der Waals surface area contributed by atoms with Gasteiger partial charge in [-0.1, -0.05) is 23.7 Å². The first-order valence-electron chi connectivity index (χ1n) is 12.4. The largest absolute Gasteiger partial charge is 0.493 e. The van der Waals surface area contributed by atoms with E-state index in [0.29, 0.717) is 22.5 Å². The Kier molecular flexibility index (Phi) is 9.52. The van der Waals surface area contributed by atoms with Gasteiger partial charge in [-0.05, 0) is 74.1 Å². The van der Waals surface area contributed by atoms with E-state index in [2.05, 4.69) is 15.8 Å². The van der Waals surface area contributed by atoms with Crippen molar-refractivity contribution in [2.75, 3.05) is 19.0 Å². The third-order valence-corrected chi connectivity index (χ3v) is 7.48. The summed E-state index contributed by atoms with van der Waals surface area (Å²) >= 11 is 7.34. The Morgan fingerprint density at radius 2 is 1.80 bits per heavy atom. The van der Waals surface area contributed by atoms with Gasteiger partial charge < -0.3 is 19.5 Å². The summed E-state index contributed by atoms with van der Waals surface area (Å²) in [5.41, 5.74) is 4.05. The molecule has 2 N–H and O–H groups in total. The van der Waals surface area contributed by atoms with Crippen molar-refractivity contribution >= 4 is 57.9 Å². The van der Waals surface area contributed by atoms with E-state index in [1.165, 1.54) is 36.8 Å². The van der Waals surface area contributed by atoms with Crippen LogP contribution in [0.4, 0.5) is 5.00 Å². The van der Waals surface area contributed by atoms with Crippen LogP contribution in [0.5, 0.6) is 11.5 Å². The van der Waals surface area contributed by atoms with Crippen molar-refractivity contribution in [1.82, 2.24) is 5.43 Å². The maximum absolute atomic E-state index is 12.6. The van der Waals surface area contributed by atoms with Gasteiger partial charge in [0.2, 0.25) is 0 Å². The number of nitrogens with zero attached hydrogens (tertiary/aromatic N) is 1. The molecule has 208 valence electrons. The van der Waals surface area contributed by atoms with Crippen molar-refractivity contribution in [1.29, 1.82) is 0 Å². The van der Waals surface area contributed by atoms with Gasteiger partial charge in [0.15, 0.2) is 11.5 Å². The van der Waals surface area contributed by atoms with Crippen molar-refractivity contribution in [3.63, 3.8) is 0 Å². The van der Waals surface area contributed by atoms with E-state index in [4.69, 9.17) is 25.8 Å². The molecule has 0 saturated heterocycles. The number of halogens is 1. The summed E-state index contributed by atoms with van der Waals surface area (Å²) in [6.45, 7) is 1.90. The highest BCUT2D eigenvalue weighted by atomic mass is 35.5. The molecule has 4 rings (SSSR count). The molecule has 0 saturated carbocycles. The lowest BCUT2D eigenvalue weighted by molar-refractivity contribution is -0.136. The molecular weight excluding hydrogens is 558 g/mol. The highest BCUT2D eigenvalue weighted by Crippen LogP contribution is 2.38. The molecule has 12 heteroatoms. The number of thiophene rings is 1. The minimum atomic E-state index is -1.02. The minimum absolute atomic E-state index is 0.157. The Morgan fingerprint density at radius 1 is 1.02 bits per heavy atom. The predicted octanol–water partition coefficient (Wildman–Crippen LogP) is 4.77. The molecule has 0 fully saturated rings. The van der Waals surface area contributed by atoms with E-state index in [1.807, 2.05) is 0 Å². The van der Waals surface area contributed by atoms with E-state index in [9.17, 15) is 19.2 Å². The second-order valence-corrected chi connectivity index (χ2v) is 10.1. The van der Waals surface area contributed by atoms with Gasteiger partial charge in [-0.25, -0.2) is 15.0 Å². The highest BCUT2D eigenvalue weighted by Gasteiger charge is 2.28. The fourth-order valence-corrected chi connectivity index (χ4v) is 5.56. The van der Waals surface area contributed by atoms with Crippen LogP contribution in [0, 0.1) is 0 Å². The summed E-state index contributed by atoms with van der Waals surface area (Å²) in [6.07, 6.45) is 4.75. The zero-order valence-corrected chi connectivity index (χ0v) is 23.3. The minimum Gasteiger partial charge on any atom is -0.493 e. The fourth-order valence-electron chi connectivity index (χ4n) is 4.08. The van der Waals surface area contributed by atoms with Crippen LogP contribution in [0.2, 0.25) is 5.02 Å². The molecule has 1 aliphatic rings. The number of hydrogen-bond acceptors (Lipinski definition) is 9. The van der Waals surface area contributed by atoms with E-state index in [1.54, 1.807) is 37.3 Å². The van der Waals surface area contributed by atoms with Gasteiger partial charge >= 0.3 is 23.8 Å². The summed E-state index contributed by atoms with van der Waals surface area (Å²) in [6, 6.07) is 11.1. The molecular formula is C28H26ClN3O7S. The predicted molar refractivity (Wildman–Crippen MR) is 151 cm³/mol. The van der Waals surface area contributed by atoms with Crippen LogP contribution in [0.25, 0.3) is 0 Å². The smallest absolute Gasteiger partial charge is 0.345 e. The van der Waals surface area contributed by atoms with Crippen molar-refractivity contribution in [2.45, 2.75) is 32.6 Å². The summed E-state index contributed by atoms with van der Waals surface area (Å²) in [7, 11) is 1.40. The van der Waals surface area contributed by atoms with E-state index >= 15 is 0 Å². The Hall–Kier alpha value is -4.22. The van der Waals surface area contributed by atoms with Gasteiger partial charge in [0.1, 0.15) is 5.00 Å². The van der Waals surface area contributed by atoms with Crippen LogP contribution in [0.3, 0.4) is 0 Å². The number of hydrogen-bond donors (Lipinski definition) is 2. The fraction of sp³-hybridized carbons (Fsp3) is 0.250. The van der Waals surface area contributed by atoms with E-state index < -0.39 is 23.8 Å². The van der Waals surface area contributed by atoms with Gasteiger partial charge in [0.05, 0.1) is 36.1 Å². The number of carbonyl (C=O) groups is 4. The first-order chi connectivity index (χ1) is 19.3. The first-order valence-corrected chi connectivity index (χ1v) is 13.6. The number of nitrogens with one attached hydrogen (secondary N) is 2. The number of anilines is 1. The lowest BCUT2D eigenvalue weighted by Gasteiger charge is -2.12. The molecule has 2 amide bonds. The Morgan fingerprint density at radius 3 is 2.55 bits per heavy atom. The van der Waals surface area contributed by atoms with Crippen molar-refractivity contribution in [3.05, 3.63) is 74.6 Å². The van der Waals surface area contributed by atoms with E-state index in [0.717, 1.165) is 29.7 Å². The monoisotopic (exact) mass is 583 g/mol. The quantitative estimate of drug-likeness (QED) is 0.128. The number of fused-ring (bicyclic) bond motifs is 1.